The van der Waals surface area contributed by atoms with Gasteiger partial charge in [0.15, 0.2) is 5.75 Å². The molecular formula is C106H135BrCl6N2O9. The Labute approximate surface area is 782 Å². The van der Waals surface area contributed by atoms with Gasteiger partial charge in [0.1, 0.15) is 23.0 Å². The van der Waals surface area contributed by atoms with E-state index in [9.17, 15) is 20.2 Å². The van der Waals surface area contributed by atoms with Gasteiger partial charge in [-0.1, -0.05) is 359 Å². The van der Waals surface area contributed by atoms with Gasteiger partial charge in [-0.3, -0.25) is 20.2 Å². The summed E-state index contributed by atoms with van der Waals surface area (Å²) in [5.41, 5.74) is 19.5. The van der Waals surface area contributed by atoms with Crippen LogP contribution >= 0.6 is 85.5 Å². The second kappa shape index (κ2) is 57.9. The van der Waals surface area contributed by atoms with E-state index in [4.69, 9.17) is 93.3 Å². The second-order valence-electron chi connectivity index (χ2n) is 32.8. The molecule has 0 N–H and O–H groups in total. The van der Waals surface area contributed by atoms with Crippen LogP contribution in [0.2, 0.25) is 30.1 Å². The van der Waals surface area contributed by atoms with E-state index in [0.29, 0.717) is 90.7 Å². The maximum Gasteiger partial charge on any atom is 0.311 e. The standard InChI is InChI=1S/C15H16.C11H15BrO.C11H14Cl2O.C10H13ClO.C10H13Cl.C10H13NO3.C10H13NO2.C10H14O.C10H14.C9H10Cl2/c1-12(2)13-8-10-15(11-9-13)14-6-4-3-5-7-14;1-4-13-11-6-5-9(8(2)3)7-10(11)12;1-6(2)10-7(3)8(12)5-9(13)11(10)14-4;1-7(2)8-4-5-10(12-3)9(11)6-8;1-7(2)9-6-8(3)4-5-10(9)11;1-7(2)8-4-5-10(14-3)9(6-8)11(12)13;1-7(2)9-5-4-6-10(8(9)3)11(12)13;1-8(2)9-5-4-6-10(7-9)11-3;1-8(2)10-6-4-9(3)5-7-10;1-6(2)7-3-4-8(10)9(11)5-7/h3-12H,1-2H3;5-8H,4H2,1-3H3;5-6H,1-4H3;4-7H,1-3H3;4-7H,1-3H3;4-7H,1-3H3;4-7H,1-3H3;4-8H,1-3H3;4-8H,1-3H3;3-6H,1-2H3. The topological polar surface area (TPSA) is 132 Å². The van der Waals surface area contributed by atoms with E-state index in [1.807, 2.05) is 126 Å². The van der Waals surface area contributed by atoms with Gasteiger partial charge in [-0.2, -0.15) is 0 Å². The van der Waals surface area contributed by atoms with Crippen molar-refractivity contribution < 1.29 is 33.5 Å². The molecule has 0 fully saturated rings. The zero-order chi connectivity index (χ0) is 93.9. The SMILES string of the molecule is CC(C)c1ccc(-c2ccccc2)cc1.CC(C)c1ccc(Cl)c(Cl)c1.CCOc1ccc(C(C)C)cc1Br.COc1c(Cl)cc(Cl)c(C)c1C(C)C.COc1ccc(C(C)C)cc1Cl.COc1ccc(C(C)C)cc1[N+](=O)[O-].COc1cccc(C(C)C)c1.Cc1c(C(C)C)cccc1[N+](=O)[O-].Cc1ccc(C(C)C)cc1.Cc1ccc(Cl)c(C(C)C)c1. The number of nitrogens with zero attached hydrogens (tertiary/aromatic N) is 2. The summed E-state index contributed by atoms with van der Waals surface area (Å²) >= 11 is 39.1. The third-order valence-corrected chi connectivity index (χ3v) is 22.5. The van der Waals surface area contributed by atoms with Gasteiger partial charge >= 0.3 is 5.69 Å². The summed E-state index contributed by atoms with van der Waals surface area (Å²) in [6.45, 7) is 53.3. The Bertz CT molecular complexity index is 4990. The Balaban J connectivity index is 0.000000468. The quantitative estimate of drug-likeness (QED) is 0.0573. The predicted molar refractivity (Wildman–Crippen MR) is 538 cm³/mol. The minimum absolute atomic E-state index is 0.0266. The van der Waals surface area contributed by atoms with Crippen molar-refractivity contribution >= 4 is 96.9 Å². The van der Waals surface area contributed by atoms with Crippen LogP contribution in [0.4, 0.5) is 11.4 Å². The van der Waals surface area contributed by atoms with Gasteiger partial charge in [-0.05, 0) is 243 Å². The van der Waals surface area contributed by atoms with Crippen LogP contribution in [0.5, 0.6) is 28.7 Å². The number of nitro groups is 2. The number of ether oxygens (including phenoxy) is 5. The first kappa shape index (κ1) is 112. The molecule has 0 amide bonds. The van der Waals surface area contributed by atoms with E-state index in [0.717, 1.165) is 60.3 Å². The summed E-state index contributed by atoms with van der Waals surface area (Å²) in [6.07, 6.45) is 0. The molecule has 0 spiro atoms. The van der Waals surface area contributed by atoms with Crippen LogP contribution in [-0.4, -0.2) is 44.9 Å². The highest BCUT2D eigenvalue weighted by Crippen LogP contribution is 2.41. The predicted octanol–water partition coefficient (Wildman–Crippen LogP) is 35.9. The fourth-order valence-electron chi connectivity index (χ4n) is 12.1. The molecular weight excluding hydrogens is 1740 g/mol. The van der Waals surface area contributed by atoms with E-state index in [-0.39, 0.29) is 22.2 Å². The van der Waals surface area contributed by atoms with Gasteiger partial charge in [0.05, 0.1) is 69.5 Å². The monoisotopic (exact) mass is 1870 g/mol. The Morgan fingerprint density at radius 3 is 1.16 bits per heavy atom. The fourth-order valence-corrected chi connectivity index (χ4v) is 14.1. The molecule has 11 aromatic rings. The molecule has 0 radical (unpaired) electrons. The lowest BCUT2D eigenvalue weighted by molar-refractivity contribution is -0.385. The third-order valence-electron chi connectivity index (χ3n) is 19.8. The summed E-state index contributed by atoms with van der Waals surface area (Å²) in [4.78, 5) is 20.5. The molecule has 0 aliphatic carbocycles. The normalized spacial score (nSPS) is 10.5. The molecule has 0 aliphatic heterocycles. The van der Waals surface area contributed by atoms with Crippen LogP contribution in [0.3, 0.4) is 0 Å². The summed E-state index contributed by atoms with van der Waals surface area (Å²) in [5, 5.41) is 25.4. The number of hydrogen-bond acceptors (Lipinski definition) is 9. The number of nitro benzene ring substituents is 2. The van der Waals surface area contributed by atoms with Crippen molar-refractivity contribution in [2.75, 3.05) is 35.0 Å². The second-order valence-corrected chi connectivity index (χ2v) is 36.1. The zero-order valence-corrected chi connectivity index (χ0v) is 84.6. The van der Waals surface area contributed by atoms with Crippen LogP contribution < -0.4 is 23.7 Å². The first-order valence-electron chi connectivity index (χ1n) is 42.2. The van der Waals surface area contributed by atoms with Crippen molar-refractivity contribution in [2.45, 2.75) is 232 Å². The van der Waals surface area contributed by atoms with Gasteiger partial charge in [0.25, 0.3) is 5.69 Å². The third kappa shape index (κ3) is 39.1. The molecule has 11 nitrogen and oxygen atoms in total. The van der Waals surface area contributed by atoms with Crippen molar-refractivity contribution in [1.82, 2.24) is 0 Å². The first-order chi connectivity index (χ1) is 58.3. The summed E-state index contributed by atoms with van der Waals surface area (Å²) in [6, 6.07) is 72.2. The molecule has 0 aliphatic rings. The van der Waals surface area contributed by atoms with Gasteiger partial charge in [-0.25, -0.2) is 0 Å². The number of aryl methyl sites for hydroxylation is 2. The van der Waals surface area contributed by atoms with Crippen molar-refractivity contribution in [1.29, 1.82) is 0 Å². The molecule has 18 heteroatoms. The largest absolute Gasteiger partial charge is 0.497 e. The molecule has 0 bridgehead atoms. The molecule has 11 rings (SSSR count). The fraction of sp³-hybridized carbons (Fsp3) is 0.377. The Morgan fingerprint density at radius 2 is 0.734 bits per heavy atom. The number of methoxy groups -OCH3 is 4. The smallest absolute Gasteiger partial charge is 0.311 e. The molecule has 124 heavy (non-hydrogen) atoms. The summed E-state index contributed by atoms with van der Waals surface area (Å²) < 4.78 is 26.8. The van der Waals surface area contributed by atoms with Crippen LogP contribution in [0.1, 0.15) is 282 Å². The van der Waals surface area contributed by atoms with Crippen LogP contribution in [0, 0.1) is 47.9 Å². The van der Waals surface area contributed by atoms with Crippen LogP contribution in [-0.2, 0) is 0 Å². The van der Waals surface area contributed by atoms with Gasteiger partial charge in [0, 0.05) is 33.3 Å². The van der Waals surface area contributed by atoms with Crippen LogP contribution in [0.25, 0.3) is 11.1 Å². The highest BCUT2D eigenvalue weighted by Gasteiger charge is 2.19. The van der Waals surface area contributed by atoms with E-state index in [1.165, 1.54) is 68.3 Å². The Morgan fingerprint density at radius 1 is 0.315 bits per heavy atom. The van der Waals surface area contributed by atoms with Crippen molar-refractivity contribution in [3.63, 3.8) is 0 Å². The molecule has 0 saturated heterocycles. The number of benzene rings is 11. The minimum Gasteiger partial charge on any atom is -0.497 e. The first-order valence-corrected chi connectivity index (χ1v) is 45.3. The highest BCUT2D eigenvalue weighted by molar-refractivity contribution is 9.10. The van der Waals surface area contributed by atoms with E-state index >= 15 is 0 Å². The van der Waals surface area contributed by atoms with Crippen molar-refractivity contribution in [2.24, 2.45) is 0 Å². The lowest BCUT2D eigenvalue weighted by Crippen LogP contribution is -1.99. The molecule has 0 heterocycles. The molecule has 0 unspecified atom stereocenters. The molecule has 11 aromatic carbocycles. The summed E-state index contributed by atoms with van der Waals surface area (Å²) in [7, 11) is 6.37. The minimum atomic E-state index is -0.426. The maximum absolute atomic E-state index is 10.7. The summed E-state index contributed by atoms with van der Waals surface area (Å²) in [5.74, 6) is 8.53. The van der Waals surface area contributed by atoms with Gasteiger partial charge in [0.2, 0.25) is 0 Å². The van der Waals surface area contributed by atoms with Crippen LogP contribution in [0.15, 0.2) is 223 Å². The Kier molecular flexibility index (Phi) is 52.1. The van der Waals surface area contributed by atoms with Crippen molar-refractivity contribution in [3.8, 4) is 39.9 Å². The highest BCUT2D eigenvalue weighted by atomic mass is 79.9. The maximum atomic E-state index is 10.7. The molecule has 672 valence electrons. The lowest BCUT2D eigenvalue weighted by Gasteiger charge is -2.17. The van der Waals surface area contributed by atoms with Crippen molar-refractivity contribution in [3.05, 3.63) is 351 Å². The molecule has 0 atom stereocenters. The number of hydrogen-bond donors (Lipinski definition) is 0. The molecule has 0 aromatic heterocycles. The van der Waals surface area contributed by atoms with E-state index in [1.54, 1.807) is 58.6 Å². The van der Waals surface area contributed by atoms with E-state index < -0.39 is 4.92 Å². The van der Waals surface area contributed by atoms with Gasteiger partial charge in [-0.15, -0.1) is 0 Å². The zero-order valence-electron chi connectivity index (χ0n) is 78.5. The number of rotatable bonds is 19. The Hall–Kier alpha value is -8.56. The average molecular weight is 1870 g/mol. The lowest BCUT2D eigenvalue weighted by atomic mass is 9.97. The van der Waals surface area contributed by atoms with E-state index in [2.05, 4.69) is 244 Å². The average Bonchev–Trinajstić information content (AvgIpc) is 0.804. The number of halogens is 7. The molecule has 0 saturated carbocycles. The van der Waals surface area contributed by atoms with Gasteiger partial charge < -0.3 is 23.7 Å².